The van der Waals surface area contributed by atoms with Gasteiger partial charge in [0, 0.05) is 12.1 Å². The van der Waals surface area contributed by atoms with Crippen molar-refractivity contribution >= 4 is 38.9 Å². The van der Waals surface area contributed by atoms with Crippen molar-refractivity contribution in [3.8, 4) is 0 Å². The number of primary amides is 1. The van der Waals surface area contributed by atoms with Crippen molar-refractivity contribution < 1.29 is 9.18 Å². The highest BCUT2D eigenvalue weighted by Crippen LogP contribution is 2.22. The van der Waals surface area contributed by atoms with E-state index in [0.29, 0.717) is 6.54 Å². The third-order valence-electron chi connectivity index (χ3n) is 2.36. The molecule has 0 saturated carbocycles. The van der Waals surface area contributed by atoms with Crippen LogP contribution in [-0.2, 0) is 6.54 Å². The average Bonchev–Trinajstić information content (AvgIpc) is 2.74. The number of carbonyl (C=O) groups is 1. The number of benzene rings is 1. The summed E-state index contributed by atoms with van der Waals surface area (Å²) < 4.78 is 14.5. The second kappa shape index (κ2) is 5.49. The van der Waals surface area contributed by atoms with Crippen LogP contribution < -0.4 is 11.1 Å². The Kier molecular flexibility index (Phi) is 3.98. The van der Waals surface area contributed by atoms with Crippen LogP contribution in [0.5, 0.6) is 0 Å². The topological polar surface area (TPSA) is 55.1 Å². The Morgan fingerprint density at radius 3 is 2.83 bits per heavy atom. The van der Waals surface area contributed by atoms with Crippen molar-refractivity contribution in [3.05, 3.63) is 50.4 Å². The fourth-order valence-corrected chi connectivity index (χ4v) is 2.66. The van der Waals surface area contributed by atoms with Crippen LogP contribution in [0.15, 0.2) is 33.4 Å². The Morgan fingerprint density at radius 1 is 1.44 bits per heavy atom. The van der Waals surface area contributed by atoms with Crippen LogP contribution in [0.25, 0.3) is 0 Å². The van der Waals surface area contributed by atoms with Crippen molar-refractivity contribution in [1.82, 2.24) is 0 Å². The summed E-state index contributed by atoms with van der Waals surface area (Å²) in [5, 5.41) is 4.91. The molecule has 0 fully saturated rings. The molecule has 0 bridgehead atoms. The smallest absolute Gasteiger partial charge is 0.248 e. The molecule has 6 heteroatoms. The second-order valence-corrected chi connectivity index (χ2v) is 5.96. The van der Waals surface area contributed by atoms with E-state index in [-0.39, 0.29) is 11.3 Å². The van der Waals surface area contributed by atoms with E-state index in [2.05, 4.69) is 21.2 Å². The monoisotopic (exact) mass is 328 g/mol. The molecule has 94 valence electrons. The molecule has 1 heterocycles. The summed E-state index contributed by atoms with van der Waals surface area (Å²) in [6.45, 7) is 0.487. The summed E-state index contributed by atoms with van der Waals surface area (Å²) in [5.41, 5.74) is 6.74. The molecule has 3 nitrogen and oxygen atoms in total. The van der Waals surface area contributed by atoms with E-state index in [1.54, 1.807) is 11.3 Å². The van der Waals surface area contributed by atoms with Gasteiger partial charge < -0.3 is 11.1 Å². The summed E-state index contributed by atoms with van der Waals surface area (Å²) in [6.07, 6.45) is 0. The lowest BCUT2D eigenvalue weighted by molar-refractivity contribution is 0.100. The number of thiophene rings is 1. The van der Waals surface area contributed by atoms with Crippen LogP contribution in [0.2, 0.25) is 0 Å². The van der Waals surface area contributed by atoms with E-state index in [0.717, 1.165) is 9.35 Å². The minimum absolute atomic E-state index is 0.272. The predicted molar refractivity (Wildman–Crippen MR) is 74.3 cm³/mol. The molecule has 2 rings (SSSR count). The molecule has 2 aromatic rings. The predicted octanol–water partition coefficient (Wildman–Crippen LogP) is 3.36. The molecule has 3 N–H and O–H groups in total. The number of amides is 1. The van der Waals surface area contributed by atoms with Gasteiger partial charge in [0.2, 0.25) is 5.91 Å². The van der Waals surface area contributed by atoms with Gasteiger partial charge in [0.15, 0.2) is 0 Å². The fraction of sp³-hybridized carbons (Fsp3) is 0.0833. The maximum atomic E-state index is 13.5. The molecule has 18 heavy (non-hydrogen) atoms. The van der Waals surface area contributed by atoms with Crippen molar-refractivity contribution in [2.24, 2.45) is 5.73 Å². The summed E-state index contributed by atoms with van der Waals surface area (Å²) in [6, 6.07) is 5.96. The lowest BCUT2D eigenvalue weighted by Crippen LogP contribution is -2.12. The first-order valence-electron chi connectivity index (χ1n) is 5.12. The van der Waals surface area contributed by atoms with Crippen LogP contribution in [0.3, 0.4) is 0 Å². The Morgan fingerprint density at radius 2 is 2.22 bits per heavy atom. The van der Waals surface area contributed by atoms with Crippen LogP contribution in [0.1, 0.15) is 15.9 Å². The normalized spacial score (nSPS) is 10.3. The van der Waals surface area contributed by atoms with Crippen LogP contribution in [0.4, 0.5) is 10.1 Å². The molecule has 0 aliphatic heterocycles. The summed E-state index contributed by atoms with van der Waals surface area (Å²) >= 11 is 4.92. The van der Waals surface area contributed by atoms with Crippen molar-refractivity contribution in [2.45, 2.75) is 6.54 Å². The highest BCUT2D eigenvalue weighted by molar-refractivity contribution is 9.11. The first-order valence-corrected chi connectivity index (χ1v) is 6.79. The molecule has 0 atom stereocenters. The lowest BCUT2D eigenvalue weighted by atomic mass is 10.2. The van der Waals surface area contributed by atoms with Gasteiger partial charge in [-0.3, -0.25) is 4.79 Å². The minimum atomic E-state index is -0.573. The van der Waals surface area contributed by atoms with E-state index in [4.69, 9.17) is 5.73 Å². The maximum absolute atomic E-state index is 13.5. The van der Waals surface area contributed by atoms with Crippen molar-refractivity contribution in [3.63, 3.8) is 0 Å². The number of anilines is 1. The SMILES string of the molecule is NC(=O)c1ccc(F)c(NCc2csc(Br)c2)c1. The van der Waals surface area contributed by atoms with Gasteiger partial charge in [-0.15, -0.1) is 11.3 Å². The zero-order valence-corrected chi connectivity index (χ0v) is 11.6. The summed E-state index contributed by atoms with van der Waals surface area (Å²) in [5.74, 6) is -0.981. The number of hydrogen-bond acceptors (Lipinski definition) is 3. The highest BCUT2D eigenvalue weighted by atomic mass is 79.9. The van der Waals surface area contributed by atoms with E-state index in [1.165, 1.54) is 18.2 Å². The average molecular weight is 329 g/mol. The molecular weight excluding hydrogens is 319 g/mol. The standard InChI is InChI=1S/C12H10BrFN2OS/c13-11-3-7(6-18-11)5-16-10-4-8(12(15)17)1-2-9(10)14/h1-4,6,16H,5H2,(H2,15,17). The van der Waals surface area contributed by atoms with Crippen LogP contribution in [-0.4, -0.2) is 5.91 Å². The quantitative estimate of drug-likeness (QED) is 0.904. The second-order valence-electron chi connectivity index (χ2n) is 3.67. The van der Waals surface area contributed by atoms with Gasteiger partial charge in [-0.2, -0.15) is 0 Å². The van der Waals surface area contributed by atoms with E-state index in [1.807, 2.05) is 11.4 Å². The van der Waals surface area contributed by atoms with Crippen molar-refractivity contribution in [2.75, 3.05) is 5.32 Å². The molecule has 1 aromatic carbocycles. The number of nitrogens with one attached hydrogen (secondary N) is 1. The number of rotatable bonds is 4. The fourth-order valence-electron chi connectivity index (χ4n) is 1.45. The molecule has 0 spiro atoms. The Hall–Kier alpha value is -1.40. The van der Waals surface area contributed by atoms with Gasteiger partial charge in [-0.1, -0.05) is 0 Å². The van der Waals surface area contributed by atoms with Gasteiger partial charge in [0.05, 0.1) is 9.47 Å². The Labute approximate surface area is 116 Å². The van der Waals surface area contributed by atoms with Gasteiger partial charge in [-0.05, 0) is 51.1 Å². The number of hydrogen-bond donors (Lipinski definition) is 2. The largest absolute Gasteiger partial charge is 0.379 e. The van der Waals surface area contributed by atoms with E-state index >= 15 is 0 Å². The Balaban J connectivity index is 2.13. The molecule has 0 saturated heterocycles. The number of halogens is 2. The molecular formula is C12H10BrFN2OS. The van der Waals surface area contributed by atoms with Crippen LogP contribution in [0, 0.1) is 5.82 Å². The lowest BCUT2D eigenvalue weighted by Gasteiger charge is -2.07. The van der Waals surface area contributed by atoms with E-state index < -0.39 is 11.7 Å². The third-order valence-corrected chi connectivity index (χ3v) is 3.91. The summed E-state index contributed by atoms with van der Waals surface area (Å²) in [7, 11) is 0. The van der Waals surface area contributed by atoms with Gasteiger partial charge in [0.1, 0.15) is 5.82 Å². The maximum Gasteiger partial charge on any atom is 0.248 e. The van der Waals surface area contributed by atoms with Gasteiger partial charge >= 0.3 is 0 Å². The first kappa shape index (κ1) is 13.0. The van der Waals surface area contributed by atoms with E-state index in [9.17, 15) is 9.18 Å². The number of nitrogens with two attached hydrogens (primary N) is 1. The van der Waals surface area contributed by atoms with Crippen LogP contribution >= 0.6 is 27.3 Å². The zero-order valence-electron chi connectivity index (χ0n) is 9.24. The zero-order chi connectivity index (χ0) is 13.1. The molecule has 0 unspecified atom stereocenters. The first-order chi connectivity index (χ1) is 8.56. The molecule has 0 aliphatic rings. The Bertz CT molecular complexity index is 585. The summed E-state index contributed by atoms with van der Waals surface area (Å²) in [4.78, 5) is 11.0. The minimum Gasteiger partial charge on any atom is -0.379 e. The highest BCUT2D eigenvalue weighted by Gasteiger charge is 2.07. The van der Waals surface area contributed by atoms with Gasteiger partial charge in [0.25, 0.3) is 0 Å². The van der Waals surface area contributed by atoms with Crippen molar-refractivity contribution in [1.29, 1.82) is 0 Å². The molecule has 1 amide bonds. The van der Waals surface area contributed by atoms with Gasteiger partial charge in [-0.25, -0.2) is 4.39 Å². The molecule has 0 radical (unpaired) electrons. The number of carbonyl (C=O) groups excluding carboxylic acids is 1. The third kappa shape index (κ3) is 3.08. The molecule has 1 aromatic heterocycles. The molecule has 0 aliphatic carbocycles.